The van der Waals surface area contributed by atoms with Gasteiger partial charge in [-0.1, -0.05) is 20.8 Å². The van der Waals surface area contributed by atoms with Crippen LogP contribution in [-0.4, -0.2) is 25.0 Å². The molecule has 14 heavy (non-hydrogen) atoms. The van der Waals surface area contributed by atoms with Gasteiger partial charge in [-0.25, -0.2) is 0 Å². The summed E-state index contributed by atoms with van der Waals surface area (Å²) in [6.45, 7) is 7.20. The van der Waals surface area contributed by atoms with Gasteiger partial charge in [0.2, 0.25) is 5.91 Å². The number of amides is 1. The van der Waals surface area contributed by atoms with E-state index in [-0.39, 0.29) is 11.3 Å². The van der Waals surface area contributed by atoms with Gasteiger partial charge in [-0.2, -0.15) is 0 Å². The van der Waals surface area contributed by atoms with Crippen molar-refractivity contribution < 1.29 is 4.79 Å². The Morgan fingerprint density at radius 2 is 1.93 bits per heavy atom. The summed E-state index contributed by atoms with van der Waals surface area (Å²) in [4.78, 5) is 11.5. The van der Waals surface area contributed by atoms with Crippen molar-refractivity contribution in [2.24, 2.45) is 16.9 Å². The molecule has 0 aromatic carbocycles. The molecule has 4 heteroatoms. The van der Waals surface area contributed by atoms with Gasteiger partial charge in [0.1, 0.15) is 0 Å². The number of hydrogen-bond donors (Lipinski definition) is 3. The Labute approximate surface area is 86.4 Å². The quantitative estimate of drug-likeness (QED) is 0.556. The molecule has 0 rings (SSSR count). The van der Waals surface area contributed by atoms with Crippen LogP contribution in [0.5, 0.6) is 0 Å². The van der Waals surface area contributed by atoms with Gasteiger partial charge in [-0.3, -0.25) is 4.79 Å². The molecule has 5 N–H and O–H groups in total. The van der Waals surface area contributed by atoms with Gasteiger partial charge < -0.3 is 16.8 Å². The molecule has 0 heterocycles. The zero-order valence-electron chi connectivity index (χ0n) is 9.47. The Kier molecular flexibility index (Phi) is 5.72. The van der Waals surface area contributed by atoms with Gasteiger partial charge in [-0.15, -0.1) is 0 Å². The molecular formula is C10H23N3O. The molecule has 0 saturated carbocycles. The van der Waals surface area contributed by atoms with Gasteiger partial charge in [0, 0.05) is 6.54 Å². The molecule has 1 atom stereocenters. The maximum Gasteiger partial charge on any atom is 0.237 e. The smallest absolute Gasteiger partial charge is 0.237 e. The summed E-state index contributed by atoms with van der Waals surface area (Å²) in [6, 6.07) is -0.444. The van der Waals surface area contributed by atoms with Gasteiger partial charge in [0.05, 0.1) is 6.04 Å². The van der Waals surface area contributed by atoms with E-state index in [1.54, 1.807) is 0 Å². The van der Waals surface area contributed by atoms with E-state index >= 15 is 0 Å². The molecule has 0 bridgehead atoms. The molecule has 0 radical (unpaired) electrons. The number of hydrogen-bond acceptors (Lipinski definition) is 3. The monoisotopic (exact) mass is 201 g/mol. The minimum absolute atomic E-state index is 0.0745. The molecule has 0 saturated heterocycles. The summed E-state index contributed by atoms with van der Waals surface area (Å²) in [5, 5.41) is 2.80. The predicted molar refractivity (Wildman–Crippen MR) is 58.7 cm³/mol. The van der Waals surface area contributed by atoms with Crippen molar-refractivity contribution in [3.05, 3.63) is 0 Å². The third-order valence-corrected chi connectivity index (χ3v) is 2.15. The fourth-order valence-electron chi connectivity index (χ4n) is 0.984. The molecule has 0 aliphatic rings. The Hall–Kier alpha value is -0.610. The summed E-state index contributed by atoms with van der Waals surface area (Å²) >= 11 is 0. The van der Waals surface area contributed by atoms with Crippen molar-refractivity contribution >= 4 is 5.91 Å². The van der Waals surface area contributed by atoms with Gasteiger partial charge in [0.25, 0.3) is 0 Å². The second-order valence-corrected chi connectivity index (χ2v) is 4.63. The SMILES string of the molecule is CC(C)(C)[C@H](N)C(=O)NCCCCN. The number of nitrogens with one attached hydrogen (secondary N) is 1. The lowest BCUT2D eigenvalue weighted by molar-refractivity contribution is -0.124. The number of rotatable bonds is 5. The van der Waals surface area contributed by atoms with Crippen molar-refractivity contribution in [3.63, 3.8) is 0 Å². The van der Waals surface area contributed by atoms with Gasteiger partial charge in [-0.05, 0) is 24.8 Å². The average Bonchev–Trinajstić information content (AvgIpc) is 2.09. The van der Waals surface area contributed by atoms with E-state index in [4.69, 9.17) is 11.5 Å². The molecule has 0 unspecified atom stereocenters. The Morgan fingerprint density at radius 1 is 1.36 bits per heavy atom. The van der Waals surface area contributed by atoms with Crippen molar-refractivity contribution in [1.82, 2.24) is 5.32 Å². The first-order chi connectivity index (χ1) is 6.39. The standard InChI is InChI=1S/C10H23N3O/c1-10(2,3)8(12)9(14)13-7-5-4-6-11/h8H,4-7,11-12H2,1-3H3,(H,13,14)/t8-/m1/s1. The lowest BCUT2D eigenvalue weighted by atomic mass is 9.87. The zero-order valence-corrected chi connectivity index (χ0v) is 9.47. The molecule has 1 amide bonds. The third-order valence-electron chi connectivity index (χ3n) is 2.15. The molecular weight excluding hydrogens is 178 g/mol. The zero-order chi connectivity index (χ0) is 11.2. The first kappa shape index (κ1) is 13.4. The van der Waals surface area contributed by atoms with Crippen LogP contribution in [0.1, 0.15) is 33.6 Å². The van der Waals surface area contributed by atoms with E-state index in [1.165, 1.54) is 0 Å². The minimum Gasteiger partial charge on any atom is -0.355 e. The van der Waals surface area contributed by atoms with Crippen molar-refractivity contribution in [1.29, 1.82) is 0 Å². The summed E-state index contributed by atoms with van der Waals surface area (Å²) in [5.74, 6) is -0.0745. The molecule has 0 fully saturated rings. The molecule has 84 valence electrons. The molecule has 0 aromatic rings. The topological polar surface area (TPSA) is 81.1 Å². The van der Waals surface area contributed by atoms with E-state index in [0.717, 1.165) is 12.8 Å². The van der Waals surface area contributed by atoms with Crippen LogP contribution in [0.3, 0.4) is 0 Å². The van der Waals surface area contributed by atoms with Gasteiger partial charge in [0.15, 0.2) is 0 Å². The second kappa shape index (κ2) is 5.98. The minimum atomic E-state index is -0.444. The lowest BCUT2D eigenvalue weighted by Gasteiger charge is -2.25. The first-order valence-electron chi connectivity index (χ1n) is 5.13. The second-order valence-electron chi connectivity index (χ2n) is 4.63. The summed E-state index contributed by atoms with van der Waals surface area (Å²) in [5.41, 5.74) is 10.9. The molecule has 0 aliphatic heterocycles. The van der Waals surface area contributed by atoms with Crippen molar-refractivity contribution in [2.45, 2.75) is 39.7 Å². The van der Waals surface area contributed by atoms with Crippen LogP contribution in [-0.2, 0) is 4.79 Å². The Morgan fingerprint density at radius 3 is 2.36 bits per heavy atom. The van der Waals surface area contributed by atoms with E-state index in [9.17, 15) is 4.79 Å². The van der Waals surface area contributed by atoms with Crippen LogP contribution in [0.25, 0.3) is 0 Å². The largest absolute Gasteiger partial charge is 0.355 e. The fourth-order valence-corrected chi connectivity index (χ4v) is 0.984. The number of carbonyl (C=O) groups excluding carboxylic acids is 1. The van der Waals surface area contributed by atoms with Crippen LogP contribution >= 0.6 is 0 Å². The normalized spacial score (nSPS) is 13.8. The van der Waals surface area contributed by atoms with Gasteiger partial charge >= 0.3 is 0 Å². The summed E-state index contributed by atoms with van der Waals surface area (Å²) in [6.07, 6.45) is 1.85. The maximum absolute atomic E-state index is 11.5. The highest BCUT2D eigenvalue weighted by Crippen LogP contribution is 2.16. The lowest BCUT2D eigenvalue weighted by Crippen LogP contribution is -2.48. The summed E-state index contributed by atoms with van der Waals surface area (Å²) < 4.78 is 0. The van der Waals surface area contributed by atoms with Crippen molar-refractivity contribution in [2.75, 3.05) is 13.1 Å². The molecule has 4 nitrogen and oxygen atoms in total. The highest BCUT2D eigenvalue weighted by molar-refractivity contribution is 5.82. The molecule has 0 spiro atoms. The Bertz CT molecular complexity index is 175. The van der Waals surface area contributed by atoms with E-state index in [0.29, 0.717) is 13.1 Å². The molecule has 0 aliphatic carbocycles. The van der Waals surface area contributed by atoms with Crippen LogP contribution in [0.15, 0.2) is 0 Å². The van der Waals surface area contributed by atoms with E-state index < -0.39 is 6.04 Å². The predicted octanol–water partition coefficient (Wildman–Crippen LogP) is 0.215. The summed E-state index contributed by atoms with van der Waals surface area (Å²) in [7, 11) is 0. The highest BCUT2D eigenvalue weighted by atomic mass is 16.2. The number of carbonyl (C=O) groups is 1. The average molecular weight is 201 g/mol. The van der Waals surface area contributed by atoms with Crippen LogP contribution in [0.2, 0.25) is 0 Å². The number of unbranched alkanes of at least 4 members (excludes halogenated alkanes) is 1. The maximum atomic E-state index is 11.5. The first-order valence-corrected chi connectivity index (χ1v) is 5.13. The van der Waals surface area contributed by atoms with Crippen molar-refractivity contribution in [3.8, 4) is 0 Å². The third kappa shape index (κ3) is 5.19. The van der Waals surface area contributed by atoms with Crippen LogP contribution < -0.4 is 16.8 Å². The Balaban J connectivity index is 3.74. The fraction of sp³-hybridized carbons (Fsp3) is 0.900. The van der Waals surface area contributed by atoms with E-state index in [2.05, 4.69) is 5.32 Å². The van der Waals surface area contributed by atoms with Crippen LogP contribution in [0, 0.1) is 5.41 Å². The van der Waals surface area contributed by atoms with Crippen LogP contribution in [0.4, 0.5) is 0 Å². The van der Waals surface area contributed by atoms with E-state index in [1.807, 2.05) is 20.8 Å². The molecule has 0 aromatic heterocycles. The number of nitrogens with two attached hydrogens (primary N) is 2. The highest BCUT2D eigenvalue weighted by Gasteiger charge is 2.26.